The molecule has 0 radical (unpaired) electrons. The Morgan fingerprint density at radius 2 is 2.14 bits per heavy atom. The molecule has 0 aromatic heterocycles. The fourth-order valence-corrected chi connectivity index (χ4v) is 4.72. The van der Waals surface area contributed by atoms with Crippen LogP contribution in [0.3, 0.4) is 0 Å². The van der Waals surface area contributed by atoms with Crippen molar-refractivity contribution < 1.29 is 27.3 Å². The van der Waals surface area contributed by atoms with Crippen LogP contribution in [0.15, 0.2) is 28.7 Å². The van der Waals surface area contributed by atoms with Crippen LogP contribution >= 0.6 is 39.3 Å². The van der Waals surface area contributed by atoms with Gasteiger partial charge in [-0.05, 0) is 48.4 Å². The molecule has 1 aliphatic carbocycles. The molecular weight excluding hydrogens is 409 g/mol. The fourth-order valence-electron chi connectivity index (χ4n) is 2.48. The molecule has 122 valence electrons. The molecule has 0 saturated heterocycles. The molecule has 0 bridgehead atoms. The van der Waals surface area contributed by atoms with E-state index in [1.807, 2.05) is 24.3 Å². The molecule has 3 atom stereocenters. The average molecular weight is 427 g/mol. The van der Waals surface area contributed by atoms with Crippen molar-refractivity contribution in [3.8, 4) is 0 Å². The number of methoxy groups -OCH3 is 1. The summed E-state index contributed by atoms with van der Waals surface area (Å²) in [7, 11) is 1.36. The molecule has 1 fully saturated rings. The second-order valence-corrected chi connectivity index (χ2v) is 7.88. The Labute approximate surface area is 154 Å². The van der Waals surface area contributed by atoms with Crippen LogP contribution in [0.4, 0.5) is 0 Å². The van der Waals surface area contributed by atoms with Crippen LogP contribution in [-0.2, 0) is 9.53 Å². The minimum atomic E-state index is -0.675. The Balaban J connectivity index is 0.00000242. The molecule has 22 heavy (non-hydrogen) atoms. The zero-order valence-electron chi connectivity index (χ0n) is 12.3. The van der Waals surface area contributed by atoms with Crippen LogP contribution in [0.2, 0.25) is 0 Å². The topological polar surface area (TPSA) is 51.9 Å². The first-order valence-corrected chi connectivity index (χ1v) is 8.78. The van der Waals surface area contributed by atoms with Gasteiger partial charge in [0.2, 0.25) is 5.04 Å². The minimum absolute atomic E-state index is 0. The number of hydrogen-bond donors (Lipinski definition) is 1. The van der Waals surface area contributed by atoms with Gasteiger partial charge < -0.3 is 17.1 Å². The zero-order valence-corrected chi connectivity index (χ0v) is 16.2. The molecule has 3 unspecified atom stereocenters. The van der Waals surface area contributed by atoms with Crippen LogP contribution in [0.1, 0.15) is 25.3 Å². The standard InChI is InChI=1S/C15H17BrClNO2S.ClH/c1-3-10-8-15(10,12(17)14(19)20-2)21-13(18)9-4-6-11(16)7-5-9;/h4-7,10,12,18H,3,8H2,1-2H3;1H. The van der Waals surface area contributed by atoms with Crippen molar-refractivity contribution in [2.45, 2.75) is 29.9 Å². The molecule has 2 N–H and O–H groups in total. The predicted molar refractivity (Wildman–Crippen MR) is 90.6 cm³/mol. The summed E-state index contributed by atoms with van der Waals surface area (Å²) in [5.41, 5.74) is 0.943. The normalized spacial score (nSPS) is 24.1. The van der Waals surface area contributed by atoms with Crippen LogP contribution in [0, 0.1) is 5.92 Å². The number of thioether (sulfide) groups is 1. The first-order chi connectivity index (χ1) is 9.94. The SMILES string of the molecule is CCC1CC1(SC(=[NH2+])c1ccc(Br)cc1)C(Cl)C(=O)OC.[Cl-]. The first-order valence-electron chi connectivity index (χ1n) is 6.74. The lowest BCUT2D eigenvalue weighted by Crippen LogP contribution is -3.00. The van der Waals surface area contributed by atoms with Crippen LogP contribution in [-0.4, -0.2) is 28.2 Å². The highest BCUT2D eigenvalue weighted by atomic mass is 79.9. The lowest BCUT2D eigenvalue weighted by Gasteiger charge is -2.19. The third-order valence-corrected chi connectivity index (χ3v) is 6.65. The second kappa shape index (κ2) is 8.04. The molecule has 0 amide bonds. The van der Waals surface area contributed by atoms with Gasteiger partial charge in [0.15, 0.2) is 0 Å². The summed E-state index contributed by atoms with van der Waals surface area (Å²) in [4.78, 5) is 11.8. The molecule has 1 aromatic carbocycles. The van der Waals surface area contributed by atoms with Crippen molar-refractivity contribution in [3.05, 3.63) is 34.3 Å². The predicted octanol–water partition coefficient (Wildman–Crippen LogP) is -0.359. The van der Waals surface area contributed by atoms with E-state index >= 15 is 0 Å². The number of carbonyl (C=O) groups is 1. The van der Waals surface area contributed by atoms with E-state index in [1.165, 1.54) is 18.9 Å². The third kappa shape index (κ3) is 3.99. The Hall–Kier alpha value is -0.230. The molecule has 3 nitrogen and oxygen atoms in total. The van der Waals surface area contributed by atoms with Crippen molar-refractivity contribution in [2.24, 2.45) is 5.92 Å². The summed E-state index contributed by atoms with van der Waals surface area (Å²) in [6, 6.07) is 7.78. The number of carbonyl (C=O) groups excluding carboxylic acids is 1. The number of rotatable bonds is 5. The molecule has 1 aromatic rings. The van der Waals surface area contributed by atoms with Crippen molar-refractivity contribution in [2.75, 3.05) is 7.11 Å². The van der Waals surface area contributed by atoms with Crippen LogP contribution in [0.25, 0.3) is 0 Å². The van der Waals surface area contributed by atoms with E-state index in [0.717, 1.165) is 22.9 Å². The number of nitrogens with two attached hydrogens (primary N) is 1. The number of halogens is 3. The fraction of sp³-hybridized carbons (Fsp3) is 0.467. The lowest BCUT2D eigenvalue weighted by atomic mass is 10.2. The van der Waals surface area contributed by atoms with E-state index in [0.29, 0.717) is 11.0 Å². The molecule has 7 heteroatoms. The Kier molecular flexibility index (Phi) is 7.24. The summed E-state index contributed by atoms with van der Waals surface area (Å²) in [6.07, 6.45) is 1.86. The summed E-state index contributed by atoms with van der Waals surface area (Å²) in [5, 5.41) is 6.23. The maximum atomic E-state index is 11.8. The van der Waals surface area contributed by atoms with E-state index in [1.54, 1.807) is 0 Å². The van der Waals surface area contributed by atoms with Gasteiger partial charge in [-0.25, -0.2) is 5.41 Å². The summed E-state index contributed by atoms with van der Waals surface area (Å²) < 4.78 is 5.45. The number of hydrogen-bond acceptors (Lipinski definition) is 3. The van der Waals surface area contributed by atoms with E-state index < -0.39 is 5.38 Å². The highest BCUT2D eigenvalue weighted by molar-refractivity contribution is 9.10. The van der Waals surface area contributed by atoms with Gasteiger partial charge >= 0.3 is 5.97 Å². The van der Waals surface area contributed by atoms with E-state index in [4.69, 9.17) is 21.7 Å². The van der Waals surface area contributed by atoms with E-state index in [-0.39, 0.29) is 23.1 Å². The quantitative estimate of drug-likeness (QED) is 0.303. The van der Waals surface area contributed by atoms with Gasteiger partial charge in [0.25, 0.3) is 0 Å². The number of esters is 1. The summed E-state index contributed by atoms with van der Waals surface area (Å²) >= 11 is 11.2. The number of ether oxygens (including phenoxy) is 1. The highest BCUT2D eigenvalue weighted by Gasteiger charge is 2.62. The van der Waals surface area contributed by atoms with Crippen LogP contribution in [0.5, 0.6) is 0 Å². The summed E-state index contributed by atoms with van der Waals surface area (Å²) in [6.45, 7) is 2.10. The highest BCUT2D eigenvalue weighted by Crippen LogP contribution is 2.60. The third-order valence-electron chi connectivity index (χ3n) is 3.86. The maximum Gasteiger partial charge on any atom is 0.325 e. The maximum absolute atomic E-state index is 11.8. The molecule has 0 aliphatic heterocycles. The van der Waals surface area contributed by atoms with Gasteiger partial charge in [-0.15, -0.1) is 11.6 Å². The van der Waals surface area contributed by atoms with Crippen molar-refractivity contribution in [1.29, 1.82) is 0 Å². The van der Waals surface area contributed by atoms with Crippen molar-refractivity contribution >= 4 is 50.3 Å². The van der Waals surface area contributed by atoms with Gasteiger partial charge in [-0.1, -0.05) is 29.3 Å². The number of alkyl halides is 1. The lowest BCUT2D eigenvalue weighted by molar-refractivity contribution is -0.140. The minimum Gasteiger partial charge on any atom is -1.00 e. The molecule has 0 spiro atoms. The first kappa shape index (κ1) is 19.8. The van der Waals surface area contributed by atoms with E-state index in [9.17, 15) is 4.79 Å². The average Bonchev–Trinajstić information content (AvgIpc) is 3.20. The van der Waals surface area contributed by atoms with Gasteiger partial charge in [-0.3, -0.25) is 4.79 Å². The zero-order chi connectivity index (χ0) is 15.6. The van der Waals surface area contributed by atoms with Gasteiger partial charge in [0, 0.05) is 4.47 Å². The van der Waals surface area contributed by atoms with Crippen LogP contribution < -0.4 is 17.8 Å². The summed E-state index contributed by atoms with van der Waals surface area (Å²) in [5.74, 6) is 0.00169. The Morgan fingerprint density at radius 3 is 2.59 bits per heavy atom. The van der Waals surface area contributed by atoms with Gasteiger partial charge in [0.1, 0.15) is 5.38 Å². The Morgan fingerprint density at radius 1 is 1.55 bits per heavy atom. The second-order valence-electron chi connectivity index (χ2n) is 5.12. The van der Waals surface area contributed by atoms with Gasteiger partial charge in [0.05, 0.1) is 17.4 Å². The van der Waals surface area contributed by atoms with Crippen molar-refractivity contribution in [3.63, 3.8) is 0 Å². The largest absolute Gasteiger partial charge is 1.00 e. The molecule has 2 rings (SSSR count). The monoisotopic (exact) mass is 425 g/mol. The molecule has 1 aliphatic rings. The van der Waals surface area contributed by atoms with Crippen molar-refractivity contribution in [1.82, 2.24) is 0 Å². The molecular formula is C15H18BrCl2NO2S. The Bertz CT molecular complexity index is 555. The smallest absolute Gasteiger partial charge is 0.325 e. The molecule has 0 heterocycles. The van der Waals surface area contributed by atoms with Gasteiger partial charge in [-0.2, -0.15) is 0 Å². The molecule has 1 saturated carbocycles. The van der Waals surface area contributed by atoms with E-state index in [2.05, 4.69) is 22.9 Å². The number of benzene rings is 1.